The molecular weight excluding hydrogens is 444 g/mol. The van der Waals surface area contributed by atoms with E-state index in [0.717, 1.165) is 19.0 Å². The minimum absolute atomic E-state index is 0.0892. The van der Waals surface area contributed by atoms with E-state index >= 15 is 0 Å². The van der Waals surface area contributed by atoms with Gasteiger partial charge in [0.25, 0.3) is 11.8 Å². The molecule has 0 bridgehead atoms. The molecular formula is C27H36N4O4. The summed E-state index contributed by atoms with van der Waals surface area (Å²) in [6, 6.07) is 10.5. The predicted molar refractivity (Wildman–Crippen MR) is 135 cm³/mol. The van der Waals surface area contributed by atoms with Crippen LogP contribution in [0.25, 0.3) is 0 Å². The number of nitrogens with one attached hydrogen (secondary N) is 1. The molecule has 3 atom stereocenters. The maximum atomic E-state index is 13.5. The van der Waals surface area contributed by atoms with Crippen molar-refractivity contribution in [2.24, 2.45) is 11.8 Å². The first-order chi connectivity index (χ1) is 16.9. The first kappa shape index (κ1) is 25.1. The Balaban J connectivity index is 1.60. The summed E-state index contributed by atoms with van der Waals surface area (Å²) in [6.45, 7) is 7.26. The molecule has 2 amide bonds. The van der Waals surface area contributed by atoms with Crippen molar-refractivity contribution in [2.75, 3.05) is 45.7 Å². The number of rotatable bonds is 5. The van der Waals surface area contributed by atoms with Crippen LogP contribution in [0.15, 0.2) is 42.6 Å². The van der Waals surface area contributed by atoms with Gasteiger partial charge in [0.05, 0.1) is 11.7 Å². The van der Waals surface area contributed by atoms with Crippen molar-refractivity contribution in [1.82, 2.24) is 14.8 Å². The largest absolute Gasteiger partial charge is 0.491 e. The molecule has 0 unspecified atom stereocenters. The minimum atomic E-state index is -0.335. The lowest BCUT2D eigenvalue weighted by molar-refractivity contribution is 0.00994. The number of carbonyl (C=O) groups is 2. The molecule has 1 fully saturated rings. The van der Waals surface area contributed by atoms with Gasteiger partial charge in [-0.05, 0) is 61.9 Å². The van der Waals surface area contributed by atoms with Gasteiger partial charge in [-0.3, -0.25) is 19.5 Å². The summed E-state index contributed by atoms with van der Waals surface area (Å²) >= 11 is 0. The monoisotopic (exact) mass is 480 g/mol. The van der Waals surface area contributed by atoms with Crippen LogP contribution in [0.5, 0.6) is 5.75 Å². The Labute approximate surface area is 207 Å². The maximum absolute atomic E-state index is 13.5. The zero-order chi connectivity index (χ0) is 24.9. The van der Waals surface area contributed by atoms with E-state index in [1.165, 1.54) is 12.8 Å². The number of aromatic nitrogens is 1. The average Bonchev–Trinajstić information content (AvgIpc) is 3.69. The summed E-state index contributed by atoms with van der Waals surface area (Å²) in [7, 11) is 3.49. The van der Waals surface area contributed by atoms with Crippen molar-refractivity contribution in [2.45, 2.75) is 38.8 Å². The lowest BCUT2D eigenvalue weighted by Crippen LogP contribution is -2.47. The number of fused-ring (bicyclic) bond motifs is 1. The first-order valence-corrected chi connectivity index (χ1v) is 12.4. The third kappa shape index (κ3) is 6.38. The van der Waals surface area contributed by atoms with Gasteiger partial charge < -0.3 is 19.7 Å². The van der Waals surface area contributed by atoms with Gasteiger partial charge in [0, 0.05) is 51.7 Å². The maximum Gasteiger partial charge on any atom is 0.274 e. The second-order valence-corrected chi connectivity index (χ2v) is 9.87. The van der Waals surface area contributed by atoms with Crippen molar-refractivity contribution >= 4 is 17.5 Å². The summed E-state index contributed by atoms with van der Waals surface area (Å²) in [4.78, 5) is 34.4. The number of hydrogen-bond donors (Lipinski definition) is 1. The summed E-state index contributed by atoms with van der Waals surface area (Å²) in [6.07, 6.45) is 4.06. The van der Waals surface area contributed by atoms with Crippen LogP contribution in [-0.2, 0) is 4.74 Å². The number of pyridine rings is 1. The van der Waals surface area contributed by atoms with E-state index in [0.29, 0.717) is 35.8 Å². The van der Waals surface area contributed by atoms with Crippen molar-refractivity contribution < 1.29 is 19.1 Å². The molecule has 2 heterocycles. The Kier molecular flexibility index (Phi) is 8.03. The molecule has 8 nitrogen and oxygen atoms in total. The van der Waals surface area contributed by atoms with Gasteiger partial charge in [-0.1, -0.05) is 13.0 Å². The molecule has 2 aliphatic rings. The van der Waals surface area contributed by atoms with Crippen molar-refractivity contribution in [3.05, 3.63) is 53.9 Å². The average molecular weight is 481 g/mol. The standard InChI is InChI=1S/C27H36N4O4/c1-18-14-31(15-20-8-9-20)19(2)17-35-24-11-10-21(29-26(32)23-7-5-6-12-28-23)13-22(24)27(33)30(3)16-25(18)34-4/h5-7,10-13,18-20,25H,8-9,14-17H2,1-4H3,(H,29,32)/t18-,19-,25-/m1/s1. The third-order valence-electron chi connectivity index (χ3n) is 6.92. The van der Waals surface area contributed by atoms with Crippen molar-refractivity contribution in [3.63, 3.8) is 0 Å². The Morgan fingerprint density at radius 2 is 2.00 bits per heavy atom. The second-order valence-electron chi connectivity index (χ2n) is 9.87. The highest BCUT2D eigenvalue weighted by Crippen LogP contribution is 2.32. The lowest BCUT2D eigenvalue weighted by atomic mass is 10.0. The number of likely N-dealkylation sites (N-methyl/N-ethyl adjacent to an activating group) is 1. The van der Waals surface area contributed by atoms with Crippen LogP contribution >= 0.6 is 0 Å². The molecule has 8 heteroatoms. The smallest absolute Gasteiger partial charge is 0.274 e. The molecule has 188 valence electrons. The summed E-state index contributed by atoms with van der Waals surface area (Å²) in [5.74, 6) is 1.02. The quantitative estimate of drug-likeness (QED) is 0.705. The number of benzene rings is 1. The summed E-state index contributed by atoms with van der Waals surface area (Å²) < 4.78 is 12.0. The number of carbonyl (C=O) groups excluding carboxylic acids is 2. The highest BCUT2D eigenvalue weighted by atomic mass is 16.5. The van der Waals surface area contributed by atoms with Gasteiger partial charge >= 0.3 is 0 Å². The zero-order valence-electron chi connectivity index (χ0n) is 21.1. The zero-order valence-corrected chi connectivity index (χ0v) is 21.1. The van der Waals surface area contributed by atoms with E-state index in [9.17, 15) is 9.59 Å². The van der Waals surface area contributed by atoms with Gasteiger partial charge in [0.1, 0.15) is 18.1 Å². The summed E-state index contributed by atoms with van der Waals surface area (Å²) in [5, 5.41) is 2.84. The Hall–Kier alpha value is -2.97. The number of methoxy groups -OCH3 is 1. The molecule has 1 aromatic heterocycles. The fourth-order valence-corrected chi connectivity index (χ4v) is 4.51. The van der Waals surface area contributed by atoms with Gasteiger partial charge in [0.2, 0.25) is 0 Å². The summed E-state index contributed by atoms with van der Waals surface area (Å²) in [5.41, 5.74) is 1.23. The second kappa shape index (κ2) is 11.2. The van der Waals surface area contributed by atoms with Crippen molar-refractivity contribution in [3.8, 4) is 5.75 Å². The Morgan fingerprint density at radius 3 is 2.69 bits per heavy atom. The number of amides is 2. The molecule has 0 saturated heterocycles. The Morgan fingerprint density at radius 1 is 1.20 bits per heavy atom. The lowest BCUT2D eigenvalue weighted by Gasteiger charge is -2.36. The van der Waals surface area contributed by atoms with Crippen LogP contribution in [0.2, 0.25) is 0 Å². The molecule has 1 N–H and O–H groups in total. The fourth-order valence-electron chi connectivity index (χ4n) is 4.51. The molecule has 0 radical (unpaired) electrons. The minimum Gasteiger partial charge on any atom is -0.491 e. The van der Waals surface area contributed by atoms with E-state index < -0.39 is 0 Å². The van der Waals surface area contributed by atoms with Crippen molar-refractivity contribution in [1.29, 1.82) is 0 Å². The van der Waals surface area contributed by atoms with E-state index in [2.05, 4.69) is 29.0 Å². The number of nitrogens with zero attached hydrogens (tertiary/aromatic N) is 3. The van der Waals surface area contributed by atoms with Crippen LogP contribution in [0.3, 0.4) is 0 Å². The van der Waals surface area contributed by atoms with Gasteiger partial charge in [0.15, 0.2) is 0 Å². The van der Waals surface area contributed by atoms with Crippen LogP contribution in [-0.4, -0.2) is 79.1 Å². The van der Waals surface area contributed by atoms with E-state index in [1.54, 1.807) is 61.7 Å². The third-order valence-corrected chi connectivity index (χ3v) is 6.92. The molecule has 2 aromatic rings. The molecule has 1 aromatic carbocycles. The molecule has 1 aliphatic heterocycles. The van der Waals surface area contributed by atoms with E-state index in [-0.39, 0.29) is 29.9 Å². The molecule has 4 rings (SSSR count). The van der Waals surface area contributed by atoms with E-state index in [4.69, 9.17) is 9.47 Å². The van der Waals surface area contributed by atoms with Gasteiger partial charge in [-0.15, -0.1) is 0 Å². The Bertz CT molecular complexity index is 1030. The molecule has 1 aliphatic carbocycles. The highest BCUT2D eigenvalue weighted by Gasteiger charge is 2.31. The SMILES string of the molecule is CO[C@@H]1CN(C)C(=O)c2cc(NC(=O)c3ccccn3)ccc2OC[C@@H](C)N(CC2CC2)C[C@H]1C. The van der Waals surface area contributed by atoms with Crippen LogP contribution < -0.4 is 10.1 Å². The van der Waals surface area contributed by atoms with Gasteiger partial charge in [-0.25, -0.2) is 0 Å². The molecule has 35 heavy (non-hydrogen) atoms. The van der Waals surface area contributed by atoms with Crippen LogP contribution in [0.1, 0.15) is 47.5 Å². The number of ether oxygens (including phenoxy) is 2. The molecule has 0 spiro atoms. The fraction of sp³-hybridized carbons (Fsp3) is 0.519. The number of hydrogen-bond acceptors (Lipinski definition) is 6. The van der Waals surface area contributed by atoms with Crippen LogP contribution in [0.4, 0.5) is 5.69 Å². The van der Waals surface area contributed by atoms with Crippen LogP contribution in [0, 0.1) is 11.8 Å². The first-order valence-electron chi connectivity index (χ1n) is 12.4. The number of anilines is 1. The topological polar surface area (TPSA) is 84.0 Å². The highest BCUT2D eigenvalue weighted by molar-refractivity contribution is 6.04. The van der Waals surface area contributed by atoms with E-state index in [1.807, 2.05) is 0 Å². The molecule has 1 saturated carbocycles. The normalized spacial score (nSPS) is 24.1. The van der Waals surface area contributed by atoms with Gasteiger partial charge in [-0.2, -0.15) is 0 Å². The predicted octanol–water partition coefficient (Wildman–Crippen LogP) is 3.55.